The van der Waals surface area contributed by atoms with Crippen molar-refractivity contribution in [1.29, 1.82) is 0 Å². The monoisotopic (exact) mass is 376 g/mol. The Bertz CT molecular complexity index is 756. The summed E-state index contributed by atoms with van der Waals surface area (Å²) in [7, 11) is 0. The van der Waals surface area contributed by atoms with E-state index in [0.29, 0.717) is 0 Å². The van der Waals surface area contributed by atoms with Crippen LogP contribution in [0.1, 0.15) is 39.5 Å². The molecule has 3 fully saturated rings. The lowest BCUT2D eigenvalue weighted by molar-refractivity contribution is -0.190. The van der Waals surface area contributed by atoms with Gasteiger partial charge in [0.2, 0.25) is 0 Å². The fourth-order valence-electron chi connectivity index (χ4n) is 6.96. The SMILES string of the molecule is C[C@]12C=CC(=O)C=C1CC[C@@H]1[C@@H]2[C@@H](O)C[C@@]2(C)[C@H]1C[C@@H](O)[C@@]2(O)C(=O)CO. The van der Waals surface area contributed by atoms with Crippen LogP contribution in [0.5, 0.6) is 0 Å². The molecular formula is C21H28O6. The van der Waals surface area contributed by atoms with Crippen LogP contribution >= 0.6 is 0 Å². The zero-order chi connectivity index (χ0) is 19.8. The highest BCUT2D eigenvalue weighted by Crippen LogP contribution is 2.67. The van der Waals surface area contributed by atoms with Gasteiger partial charge in [-0.2, -0.15) is 0 Å². The molecule has 0 amide bonds. The van der Waals surface area contributed by atoms with Gasteiger partial charge >= 0.3 is 0 Å². The summed E-state index contributed by atoms with van der Waals surface area (Å²) < 4.78 is 0. The number of hydrogen-bond acceptors (Lipinski definition) is 6. The summed E-state index contributed by atoms with van der Waals surface area (Å²) in [4.78, 5) is 24.2. The van der Waals surface area contributed by atoms with E-state index < -0.39 is 41.0 Å². The lowest BCUT2D eigenvalue weighted by Crippen LogP contribution is -2.63. The summed E-state index contributed by atoms with van der Waals surface area (Å²) >= 11 is 0. The van der Waals surface area contributed by atoms with Crippen LogP contribution in [0.25, 0.3) is 0 Å². The number of rotatable bonds is 2. The smallest absolute Gasteiger partial charge is 0.192 e. The summed E-state index contributed by atoms with van der Waals surface area (Å²) in [5.74, 6) is -1.09. The standard InChI is InChI=1S/C21H28O6/c1-19-6-5-12(23)7-11(19)3-4-13-14-8-16(25)21(27,17(26)10-22)20(14,2)9-15(24)18(13)19/h5-7,13-16,18,22,24-25,27H,3-4,8-10H2,1-2H3/t13-,14-,15-,16+,18+,19-,20-,21+/m0/s1. The van der Waals surface area contributed by atoms with E-state index in [1.54, 1.807) is 19.1 Å². The van der Waals surface area contributed by atoms with Crippen molar-refractivity contribution in [3.63, 3.8) is 0 Å². The Labute approximate surface area is 158 Å². The molecule has 3 saturated carbocycles. The zero-order valence-corrected chi connectivity index (χ0v) is 15.8. The third-order valence-electron chi connectivity index (χ3n) is 8.28. The minimum Gasteiger partial charge on any atom is -0.393 e. The first-order chi connectivity index (χ1) is 12.6. The van der Waals surface area contributed by atoms with Crippen molar-refractivity contribution in [3.05, 3.63) is 23.8 Å². The van der Waals surface area contributed by atoms with Gasteiger partial charge < -0.3 is 20.4 Å². The fourth-order valence-corrected chi connectivity index (χ4v) is 6.96. The van der Waals surface area contributed by atoms with Crippen LogP contribution in [0.3, 0.4) is 0 Å². The molecule has 0 unspecified atom stereocenters. The Balaban J connectivity index is 1.78. The number of Topliss-reactive ketones (excluding diaryl/α,β-unsaturated/α-hetero) is 1. The molecule has 6 nitrogen and oxygen atoms in total. The van der Waals surface area contributed by atoms with E-state index >= 15 is 0 Å². The van der Waals surface area contributed by atoms with Gasteiger partial charge in [-0.05, 0) is 49.7 Å². The van der Waals surface area contributed by atoms with Gasteiger partial charge in [0, 0.05) is 16.7 Å². The average Bonchev–Trinajstić information content (AvgIpc) is 2.82. The van der Waals surface area contributed by atoms with Crippen molar-refractivity contribution in [1.82, 2.24) is 0 Å². The number of fused-ring (bicyclic) bond motifs is 5. The third-order valence-corrected chi connectivity index (χ3v) is 8.28. The molecule has 0 aromatic carbocycles. The van der Waals surface area contributed by atoms with Crippen LogP contribution in [0, 0.1) is 28.6 Å². The maximum atomic E-state index is 12.4. The maximum absolute atomic E-state index is 12.4. The second-order valence-electron chi connectivity index (χ2n) is 9.31. The van der Waals surface area contributed by atoms with Gasteiger partial charge in [0.25, 0.3) is 0 Å². The zero-order valence-electron chi connectivity index (χ0n) is 15.8. The Morgan fingerprint density at radius 1 is 1.30 bits per heavy atom. The van der Waals surface area contributed by atoms with Crippen molar-refractivity contribution in [3.8, 4) is 0 Å². The molecule has 6 heteroatoms. The molecular weight excluding hydrogens is 348 g/mol. The third kappa shape index (κ3) is 2.21. The highest BCUT2D eigenvalue weighted by molar-refractivity contribution is 6.01. The van der Waals surface area contributed by atoms with Gasteiger partial charge in [0.15, 0.2) is 17.2 Å². The number of aliphatic hydroxyl groups excluding tert-OH is 3. The average molecular weight is 376 g/mol. The molecule has 4 rings (SSSR count). The molecule has 8 atom stereocenters. The second-order valence-corrected chi connectivity index (χ2v) is 9.31. The molecule has 0 aliphatic heterocycles. The Hall–Kier alpha value is -1.34. The number of ketones is 2. The molecule has 4 N–H and O–H groups in total. The molecule has 27 heavy (non-hydrogen) atoms. The van der Waals surface area contributed by atoms with Crippen molar-refractivity contribution < 1.29 is 30.0 Å². The maximum Gasteiger partial charge on any atom is 0.192 e. The van der Waals surface area contributed by atoms with Gasteiger partial charge in [-0.15, -0.1) is 0 Å². The Morgan fingerprint density at radius 3 is 2.67 bits per heavy atom. The topological polar surface area (TPSA) is 115 Å². The van der Waals surface area contributed by atoms with Crippen molar-refractivity contribution in [2.45, 2.75) is 57.3 Å². The molecule has 0 spiro atoms. The van der Waals surface area contributed by atoms with E-state index in [2.05, 4.69) is 0 Å². The molecule has 0 aromatic heterocycles. The molecule has 0 heterocycles. The quantitative estimate of drug-likeness (QED) is 0.559. The van der Waals surface area contributed by atoms with Gasteiger partial charge in [0.1, 0.15) is 6.61 Å². The van der Waals surface area contributed by atoms with Crippen LogP contribution < -0.4 is 0 Å². The predicted molar refractivity (Wildman–Crippen MR) is 96.4 cm³/mol. The Kier molecular flexibility index (Phi) is 4.10. The molecule has 0 radical (unpaired) electrons. The van der Waals surface area contributed by atoms with E-state index in [-0.39, 0.29) is 36.4 Å². The van der Waals surface area contributed by atoms with Gasteiger partial charge in [-0.1, -0.05) is 25.5 Å². The number of hydrogen-bond donors (Lipinski definition) is 4. The van der Waals surface area contributed by atoms with Crippen LogP contribution in [0.4, 0.5) is 0 Å². The van der Waals surface area contributed by atoms with Gasteiger partial charge in [0.05, 0.1) is 12.2 Å². The normalized spacial score (nSPS) is 51.3. The minimum absolute atomic E-state index is 0.00826. The largest absolute Gasteiger partial charge is 0.393 e. The van der Waals surface area contributed by atoms with E-state index in [1.165, 1.54) is 0 Å². The molecule has 4 aliphatic carbocycles. The van der Waals surface area contributed by atoms with Crippen LogP contribution in [-0.2, 0) is 9.59 Å². The number of allylic oxidation sites excluding steroid dienone is 4. The van der Waals surface area contributed by atoms with E-state index in [0.717, 1.165) is 18.4 Å². The lowest BCUT2D eigenvalue weighted by atomic mass is 9.46. The summed E-state index contributed by atoms with van der Waals surface area (Å²) in [5.41, 5.74) is -2.46. The Morgan fingerprint density at radius 2 is 2.00 bits per heavy atom. The van der Waals surface area contributed by atoms with E-state index in [4.69, 9.17) is 0 Å². The summed E-state index contributed by atoms with van der Waals surface area (Å²) in [6.45, 7) is 2.96. The highest BCUT2D eigenvalue weighted by Gasteiger charge is 2.71. The van der Waals surface area contributed by atoms with Crippen molar-refractivity contribution >= 4 is 11.6 Å². The fraction of sp³-hybridized carbons (Fsp3) is 0.714. The highest BCUT2D eigenvalue weighted by atomic mass is 16.4. The molecule has 0 aromatic rings. The lowest BCUT2D eigenvalue weighted by Gasteiger charge is -2.59. The van der Waals surface area contributed by atoms with Gasteiger partial charge in [-0.3, -0.25) is 9.59 Å². The van der Waals surface area contributed by atoms with Crippen molar-refractivity contribution in [2.75, 3.05) is 6.61 Å². The first-order valence-electron chi connectivity index (χ1n) is 9.76. The minimum atomic E-state index is -2.05. The molecule has 0 saturated heterocycles. The van der Waals surface area contributed by atoms with Crippen LogP contribution in [-0.4, -0.2) is 56.4 Å². The summed E-state index contributed by atoms with van der Waals surface area (Å²) in [6, 6.07) is 0. The van der Waals surface area contributed by atoms with Gasteiger partial charge in [-0.25, -0.2) is 0 Å². The van der Waals surface area contributed by atoms with E-state index in [1.807, 2.05) is 13.0 Å². The predicted octanol–water partition coefficient (Wildman–Crippen LogP) is 0.528. The molecule has 4 aliphatic rings. The number of aliphatic hydroxyl groups is 4. The van der Waals surface area contributed by atoms with Crippen LogP contribution in [0.15, 0.2) is 23.8 Å². The number of carbonyl (C=O) groups is 2. The first kappa shape index (κ1) is 19.0. The summed E-state index contributed by atoms with van der Waals surface area (Å²) in [6.07, 6.45) is 4.97. The summed E-state index contributed by atoms with van der Waals surface area (Å²) in [5, 5.41) is 42.3. The second kappa shape index (κ2) is 5.83. The first-order valence-corrected chi connectivity index (χ1v) is 9.76. The van der Waals surface area contributed by atoms with Crippen LogP contribution in [0.2, 0.25) is 0 Å². The molecule has 148 valence electrons. The number of carbonyl (C=O) groups excluding carboxylic acids is 2. The molecule has 0 bridgehead atoms. The van der Waals surface area contributed by atoms with Crippen molar-refractivity contribution in [2.24, 2.45) is 28.6 Å². The van der Waals surface area contributed by atoms with E-state index in [9.17, 15) is 30.0 Å².